The van der Waals surface area contributed by atoms with Crippen LogP contribution in [-0.2, 0) is 6.42 Å². The van der Waals surface area contributed by atoms with Crippen LogP contribution >= 0.6 is 23.2 Å². The molecule has 4 aromatic rings. The molecule has 0 bridgehead atoms. The minimum Gasteiger partial charge on any atom is -0.321 e. The second-order valence-electron chi connectivity index (χ2n) is 6.43. The van der Waals surface area contributed by atoms with E-state index in [-0.39, 0.29) is 5.91 Å². The molecule has 0 aliphatic rings. The first-order valence-electron chi connectivity index (χ1n) is 8.64. The number of halogens is 2. The fourth-order valence-corrected chi connectivity index (χ4v) is 3.61. The Bertz CT molecular complexity index is 1150. The molecule has 0 spiro atoms. The maximum Gasteiger partial charge on any atom is 0.274 e. The zero-order valence-corrected chi connectivity index (χ0v) is 16.5. The summed E-state index contributed by atoms with van der Waals surface area (Å²) in [6, 6.07) is 13.3. The molecule has 28 heavy (non-hydrogen) atoms. The molecule has 140 valence electrons. The fourth-order valence-electron chi connectivity index (χ4n) is 3.09. The zero-order valence-electron chi connectivity index (χ0n) is 15.0. The van der Waals surface area contributed by atoms with E-state index in [1.54, 1.807) is 36.0 Å². The lowest BCUT2D eigenvalue weighted by molar-refractivity contribution is 0.102. The highest BCUT2D eigenvalue weighted by Crippen LogP contribution is 2.25. The van der Waals surface area contributed by atoms with Gasteiger partial charge in [-0.3, -0.25) is 14.2 Å². The van der Waals surface area contributed by atoms with Crippen LogP contribution in [-0.4, -0.2) is 20.3 Å². The van der Waals surface area contributed by atoms with Crippen LogP contribution in [0, 0.1) is 6.92 Å². The lowest BCUT2D eigenvalue weighted by Crippen LogP contribution is -2.15. The largest absolute Gasteiger partial charge is 0.321 e. The van der Waals surface area contributed by atoms with E-state index in [1.165, 1.54) is 5.56 Å². The van der Waals surface area contributed by atoms with E-state index in [4.69, 9.17) is 23.2 Å². The van der Waals surface area contributed by atoms with Crippen molar-refractivity contribution in [3.8, 4) is 0 Å². The Morgan fingerprint density at radius 3 is 2.46 bits per heavy atom. The van der Waals surface area contributed by atoms with Crippen LogP contribution in [0.3, 0.4) is 0 Å². The lowest BCUT2D eigenvalue weighted by Gasteiger charge is -2.08. The van der Waals surface area contributed by atoms with Crippen molar-refractivity contribution in [2.24, 2.45) is 0 Å². The van der Waals surface area contributed by atoms with Crippen molar-refractivity contribution in [1.29, 1.82) is 0 Å². The molecular weight excluding hydrogens is 395 g/mol. The summed E-state index contributed by atoms with van der Waals surface area (Å²) in [6.45, 7) is 1.77. The van der Waals surface area contributed by atoms with Crippen LogP contribution in [0.25, 0.3) is 5.65 Å². The van der Waals surface area contributed by atoms with Gasteiger partial charge in [-0.25, -0.2) is 4.98 Å². The molecule has 3 heterocycles. The van der Waals surface area contributed by atoms with Crippen molar-refractivity contribution in [2.75, 3.05) is 5.32 Å². The summed E-state index contributed by atoms with van der Waals surface area (Å²) < 4.78 is 1.62. The van der Waals surface area contributed by atoms with E-state index >= 15 is 0 Å². The van der Waals surface area contributed by atoms with Crippen LogP contribution < -0.4 is 5.32 Å². The molecular formula is C21H16Cl2N4O. The molecule has 1 N–H and O–H groups in total. The normalized spacial score (nSPS) is 11.0. The molecule has 0 saturated carbocycles. The average Bonchev–Trinajstić information content (AvgIpc) is 3.00. The number of rotatable bonds is 4. The van der Waals surface area contributed by atoms with Crippen LogP contribution in [0.2, 0.25) is 10.0 Å². The van der Waals surface area contributed by atoms with E-state index < -0.39 is 0 Å². The number of fused-ring (bicyclic) bond motifs is 1. The van der Waals surface area contributed by atoms with Crippen molar-refractivity contribution < 1.29 is 4.79 Å². The van der Waals surface area contributed by atoms with Gasteiger partial charge in [0.2, 0.25) is 0 Å². The first kappa shape index (κ1) is 18.5. The van der Waals surface area contributed by atoms with Crippen LogP contribution in [0.4, 0.5) is 5.69 Å². The van der Waals surface area contributed by atoms with E-state index in [0.29, 0.717) is 32.8 Å². The van der Waals surface area contributed by atoms with Gasteiger partial charge in [0.05, 0.1) is 15.7 Å². The number of carbonyl (C=O) groups excluding carboxylic acids is 1. The number of aromatic nitrogens is 3. The third kappa shape index (κ3) is 3.72. The first-order valence-corrected chi connectivity index (χ1v) is 9.40. The number of hydrogen-bond acceptors (Lipinski definition) is 3. The van der Waals surface area contributed by atoms with Crippen LogP contribution in [0.1, 0.15) is 27.3 Å². The van der Waals surface area contributed by atoms with Gasteiger partial charge in [-0.05, 0) is 54.8 Å². The number of carbonyl (C=O) groups is 1. The van der Waals surface area contributed by atoms with Gasteiger partial charge in [-0.2, -0.15) is 0 Å². The van der Waals surface area contributed by atoms with Crippen LogP contribution in [0.15, 0.2) is 61.1 Å². The van der Waals surface area contributed by atoms with Gasteiger partial charge in [-0.1, -0.05) is 35.3 Å². The molecule has 3 aromatic heterocycles. The SMILES string of the molecule is Cc1nc2c(Cl)cc(Cl)cn2c1C(=O)Nc1ccc(Cc2ccncc2)cc1. The molecule has 0 atom stereocenters. The second kappa shape index (κ2) is 7.62. The van der Waals surface area contributed by atoms with E-state index in [1.807, 2.05) is 36.4 Å². The summed E-state index contributed by atoms with van der Waals surface area (Å²) in [4.78, 5) is 21.3. The Balaban J connectivity index is 1.56. The number of hydrogen-bond donors (Lipinski definition) is 1. The van der Waals surface area contributed by atoms with Crippen molar-refractivity contribution >= 4 is 40.4 Å². The van der Waals surface area contributed by atoms with Crippen molar-refractivity contribution in [2.45, 2.75) is 13.3 Å². The zero-order chi connectivity index (χ0) is 19.7. The number of nitrogens with one attached hydrogen (secondary N) is 1. The lowest BCUT2D eigenvalue weighted by atomic mass is 10.1. The maximum atomic E-state index is 12.8. The molecule has 7 heteroatoms. The predicted octanol–water partition coefficient (Wildman–Crippen LogP) is 5.19. The topological polar surface area (TPSA) is 59.3 Å². The van der Waals surface area contributed by atoms with Gasteiger partial charge in [0.15, 0.2) is 5.65 Å². The number of benzene rings is 1. The van der Waals surface area contributed by atoms with Crippen molar-refractivity contribution in [1.82, 2.24) is 14.4 Å². The van der Waals surface area contributed by atoms with E-state index in [2.05, 4.69) is 15.3 Å². The van der Waals surface area contributed by atoms with Gasteiger partial charge in [-0.15, -0.1) is 0 Å². The molecule has 0 aliphatic carbocycles. The Morgan fingerprint density at radius 1 is 1.07 bits per heavy atom. The van der Waals surface area contributed by atoms with Crippen molar-refractivity contribution in [3.63, 3.8) is 0 Å². The number of pyridine rings is 2. The third-order valence-corrected chi connectivity index (χ3v) is 4.89. The molecule has 0 aliphatic heterocycles. The Kier molecular flexibility index (Phi) is 5.03. The fraction of sp³-hybridized carbons (Fsp3) is 0.0952. The molecule has 4 rings (SSSR count). The van der Waals surface area contributed by atoms with Crippen LogP contribution in [0.5, 0.6) is 0 Å². The smallest absolute Gasteiger partial charge is 0.274 e. The molecule has 5 nitrogen and oxygen atoms in total. The summed E-state index contributed by atoms with van der Waals surface area (Å²) in [6.07, 6.45) is 6.00. The predicted molar refractivity (Wildman–Crippen MR) is 111 cm³/mol. The maximum absolute atomic E-state index is 12.8. The van der Waals surface area contributed by atoms with E-state index in [0.717, 1.165) is 12.0 Å². The van der Waals surface area contributed by atoms with Gasteiger partial charge >= 0.3 is 0 Å². The van der Waals surface area contributed by atoms with Gasteiger partial charge in [0.25, 0.3) is 5.91 Å². The molecule has 0 radical (unpaired) electrons. The Labute approximate surface area is 172 Å². The Morgan fingerprint density at radius 2 is 1.75 bits per heavy atom. The average molecular weight is 411 g/mol. The number of aryl methyl sites for hydroxylation is 1. The summed E-state index contributed by atoms with van der Waals surface area (Å²) in [5.41, 5.74) is 4.51. The summed E-state index contributed by atoms with van der Waals surface area (Å²) in [7, 11) is 0. The quantitative estimate of drug-likeness (QED) is 0.503. The highest BCUT2D eigenvalue weighted by molar-refractivity contribution is 6.36. The van der Waals surface area contributed by atoms with Gasteiger partial charge in [0, 0.05) is 24.3 Å². The minimum atomic E-state index is -0.273. The van der Waals surface area contributed by atoms with E-state index in [9.17, 15) is 4.79 Å². The van der Waals surface area contributed by atoms with Gasteiger partial charge < -0.3 is 5.32 Å². The molecule has 1 amide bonds. The summed E-state index contributed by atoms with van der Waals surface area (Å²) in [5.74, 6) is -0.273. The summed E-state index contributed by atoms with van der Waals surface area (Å²) >= 11 is 12.3. The first-order chi connectivity index (χ1) is 13.5. The standard InChI is InChI=1S/C21H16Cl2N4O/c1-13-19(27-12-16(22)11-18(23)20(27)25-13)21(28)26-17-4-2-14(3-5-17)10-15-6-8-24-9-7-15/h2-9,11-12H,10H2,1H3,(H,26,28). The van der Waals surface area contributed by atoms with Gasteiger partial charge in [0.1, 0.15) is 5.69 Å². The number of amides is 1. The second-order valence-corrected chi connectivity index (χ2v) is 7.27. The highest BCUT2D eigenvalue weighted by Gasteiger charge is 2.19. The third-order valence-electron chi connectivity index (χ3n) is 4.40. The monoisotopic (exact) mass is 410 g/mol. The minimum absolute atomic E-state index is 0.273. The number of anilines is 1. The molecule has 0 unspecified atom stereocenters. The number of imidazole rings is 1. The molecule has 1 aromatic carbocycles. The van der Waals surface area contributed by atoms with Crippen molar-refractivity contribution in [3.05, 3.63) is 93.6 Å². The molecule has 0 saturated heterocycles. The number of nitrogens with zero attached hydrogens (tertiary/aromatic N) is 3. The Hall–Kier alpha value is -2.89. The summed E-state index contributed by atoms with van der Waals surface area (Å²) in [5, 5.41) is 3.74. The molecule has 0 fully saturated rings. The highest BCUT2D eigenvalue weighted by atomic mass is 35.5.